The molecule has 16 N–H and O–H groups in total. The van der Waals surface area contributed by atoms with Gasteiger partial charge in [-0.05, 0) is 115 Å². The number of rotatable bonds is 82. The molecule has 0 unspecified atom stereocenters. The quantitative estimate of drug-likeness (QED) is 0.00488. The summed E-state index contributed by atoms with van der Waals surface area (Å²) >= 11 is 4.82. The maximum absolute atomic E-state index is 11.6. The van der Waals surface area contributed by atoms with Crippen molar-refractivity contribution in [3.05, 3.63) is 70.8 Å². The molecular formula is C112H192N4O20S4. The molecule has 0 amide bonds. The molecule has 4 aromatic rings. The average Bonchev–Trinajstić information content (AvgIpc) is 0.824. The lowest BCUT2D eigenvalue weighted by molar-refractivity contribution is -0.142. The van der Waals surface area contributed by atoms with Crippen molar-refractivity contribution < 1.29 is 97.9 Å². The van der Waals surface area contributed by atoms with Crippen LogP contribution in [-0.4, -0.2) is 169 Å². The zero-order chi connectivity index (χ0) is 104. The minimum atomic E-state index is -0.826. The molecule has 4 aromatic carbocycles. The number of aryl methyl sites for hydroxylation is 2. The van der Waals surface area contributed by atoms with Crippen LogP contribution < -0.4 is 41.9 Å². The Morgan fingerprint density at radius 1 is 0.257 bits per heavy atom. The summed E-state index contributed by atoms with van der Waals surface area (Å²) in [5, 5.41) is 84.6. The number of carbonyl (C=O) groups is 4. The average molecular weight is 2040 g/mol. The fourth-order valence-corrected chi connectivity index (χ4v) is 20.6. The van der Waals surface area contributed by atoms with E-state index in [1.165, 1.54) is 394 Å². The number of thioether (sulfide) groups is 4. The SMILES string of the molecule is CCCCCC/C=C/CCCCCCCCCc1c(O)c(OC)cc(O)c1SC[C@@H](N)C(=O)OC.CCCCCC/C=C/CCCCCCCCCc1cc(O)c(SC[C@H](N)C(=O)OC)c(OC)c1O.CCCCCCCCCCCCCCCCCc1c(O)c(OC)cc(O)c1SC[C@@H](N)C(=O)OC.CCCCCCCCCCCCCCCCCc1cc(O)c(SC[C@H](N)C(=O)OC)c(OC)c1O. The number of hydrogen-bond donors (Lipinski definition) is 12. The standard InChI is InChI=1S/C28H49NO5S.C28H47NO5S.C28H49NO5S.C28H47NO5S/c2*1-4-5-6-7-8-9-10-11-12-13-14-15-16-17-18-19-22-26(31)25(33-2)20-24(30)27(22)35-21-23(29)28(32)34-3;2*1-4-5-6-7-8-9-10-11-12-13-14-15-16-17-18-19-22-20-24(30)27(26(33-2)25(22)31)35-21-23(29)28(32)34-3/h20,23,30-31H,4-19,21,29H2,1-3H3;9-10,20,23,30-31H,4-8,11-19,21,29H2,1-3H3;20,23,30-31H,4-19,21,29H2,1-3H3;9-10,20,23,30-31H,4-8,11-19,21,29H2,1-3H3/b;10-9+;;10-9+/t4*23-/m1100/s1. The van der Waals surface area contributed by atoms with Gasteiger partial charge in [0.1, 0.15) is 47.2 Å². The number of unbranched alkanes of at least 4 members (excludes halogenated alkanes) is 50. The molecule has 0 radical (unpaired) electrons. The van der Waals surface area contributed by atoms with Gasteiger partial charge in [-0.25, -0.2) is 0 Å². The fraction of sp³-hybridized carbons (Fsp3) is 0.714. The first-order valence-electron chi connectivity index (χ1n) is 53.4. The highest BCUT2D eigenvalue weighted by molar-refractivity contribution is 8.00. The second-order valence-corrected chi connectivity index (χ2v) is 41.0. The Morgan fingerprint density at radius 2 is 0.450 bits per heavy atom. The number of hydrogen-bond acceptors (Lipinski definition) is 28. The Morgan fingerprint density at radius 3 is 0.664 bits per heavy atom. The van der Waals surface area contributed by atoms with Crippen LogP contribution in [0.25, 0.3) is 0 Å². The molecule has 0 saturated heterocycles. The van der Waals surface area contributed by atoms with E-state index in [2.05, 4.69) is 70.9 Å². The van der Waals surface area contributed by atoms with Gasteiger partial charge in [-0.1, -0.05) is 335 Å². The summed E-state index contributed by atoms with van der Waals surface area (Å²) in [4.78, 5) is 48.1. The van der Waals surface area contributed by atoms with Crippen LogP contribution in [0.4, 0.5) is 0 Å². The predicted octanol–water partition coefficient (Wildman–Crippen LogP) is 28.0. The second kappa shape index (κ2) is 87.5. The van der Waals surface area contributed by atoms with E-state index >= 15 is 0 Å². The van der Waals surface area contributed by atoms with E-state index in [9.17, 15) is 60.0 Å². The molecule has 0 aliphatic heterocycles. The van der Waals surface area contributed by atoms with Crippen molar-refractivity contribution in [2.45, 2.75) is 457 Å². The first-order chi connectivity index (χ1) is 67.8. The maximum atomic E-state index is 11.6. The van der Waals surface area contributed by atoms with Gasteiger partial charge in [-0.3, -0.25) is 19.2 Å². The highest BCUT2D eigenvalue weighted by Crippen LogP contribution is 2.50. The number of esters is 4. The largest absolute Gasteiger partial charge is 0.507 e. The number of aromatic hydroxyl groups is 8. The molecule has 0 saturated carbocycles. The van der Waals surface area contributed by atoms with Gasteiger partial charge < -0.3 is 102 Å². The first kappa shape index (κ1) is 131. The van der Waals surface area contributed by atoms with Gasteiger partial charge in [0.25, 0.3) is 0 Å². The summed E-state index contributed by atoms with van der Waals surface area (Å²) < 4.78 is 39.7. The van der Waals surface area contributed by atoms with Crippen LogP contribution in [0.2, 0.25) is 0 Å². The summed E-state index contributed by atoms with van der Waals surface area (Å²) in [5.74, 6) is 0.0397. The number of allylic oxidation sites excluding steroid dienone is 4. The van der Waals surface area contributed by atoms with Crippen LogP contribution in [0.3, 0.4) is 0 Å². The van der Waals surface area contributed by atoms with Crippen LogP contribution in [0.5, 0.6) is 69.0 Å². The van der Waals surface area contributed by atoms with Crippen molar-refractivity contribution in [3.63, 3.8) is 0 Å². The molecule has 0 heterocycles. The third-order valence-electron chi connectivity index (χ3n) is 25.1. The van der Waals surface area contributed by atoms with E-state index in [4.69, 9.17) is 41.9 Å². The number of phenolic OH excluding ortho intramolecular Hbond substituents is 8. The Bertz CT molecular complexity index is 3910. The Labute approximate surface area is 862 Å². The van der Waals surface area contributed by atoms with Crippen LogP contribution >= 0.6 is 47.0 Å². The molecular weight excluding hydrogens is 1850 g/mol. The molecule has 0 fully saturated rings. The summed E-state index contributed by atoms with van der Waals surface area (Å²) in [6.07, 6.45) is 82.8. The van der Waals surface area contributed by atoms with E-state index in [1.807, 2.05) is 0 Å². The number of benzene rings is 4. The number of methoxy groups -OCH3 is 8. The Balaban J connectivity index is 0.000000933. The first-order valence-corrected chi connectivity index (χ1v) is 57.4. The lowest BCUT2D eigenvalue weighted by Crippen LogP contribution is -2.33. The molecule has 4 atom stereocenters. The molecule has 0 aromatic heterocycles. The van der Waals surface area contributed by atoms with Gasteiger partial charge in [0, 0.05) is 57.4 Å². The molecule has 24 nitrogen and oxygen atoms in total. The molecule has 0 spiro atoms. The minimum Gasteiger partial charge on any atom is -0.507 e. The second-order valence-electron chi connectivity index (χ2n) is 36.9. The smallest absolute Gasteiger partial charge is 0.323 e. The third-order valence-corrected chi connectivity index (χ3v) is 30.1. The highest BCUT2D eigenvalue weighted by atomic mass is 32.2. The van der Waals surface area contributed by atoms with Crippen LogP contribution in [0.1, 0.15) is 410 Å². The number of ether oxygens (including phenoxy) is 8. The molecule has 140 heavy (non-hydrogen) atoms. The summed E-state index contributed by atoms with van der Waals surface area (Å²) in [5.41, 5.74) is 25.9. The summed E-state index contributed by atoms with van der Waals surface area (Å²) in [6, 6.07) is 2.72. The highest BCUT2D eigenvalue weighted by Gasteiger charge is 2.28. The van der Waals surface area contributed by atoms with E-state index in [1.54, 1.807) is 12.1 Å². The van der Waals surface area contributed by atoms with Gasteiger partial charge in [0.05, 0.1) is 76.5 Å². The topological polar surface area (TPSA) is 408 Å². The van der Waals surface area contributed by atoms with Crippen molar-refractivity contribution >= 4 is 70.9 Å². The zero-order valence-corrected chi connectivity index (χ0v) is 91.9. The van der Waals surface area contributed by atoms with Gasteiger partial charge in [-0.15, -0.1) is 47.0 Å². The summed E-state index contributed by atoms with van der Waals surface area (Å²) in [7, 11) is 11.0. The molecule has 4 rings (SSSR count). The number of carbonyl (C=O) groups excluding carboxylic acids is 4. The van der Waals surface area contributed by atoms with Crippen molar-refractivity contribution in [2.24, 2.45) is 22.9 Å². The normalized spacial score (nSPS) is 12.1. The van der Waals surface area contributed by atoms with Gasteiger partial charge in [-0.2, -0.15) is 0 Å². The fourth-order valence-electron chi connectivity index (χ4n) is 16.5. The molecule has 28 heteroatoms. The lowest BCUT2D eigenvalue weighted by atomic mass is 10.0. The lowest BCUT2D eigenvalue weighted by Gasteiger charge is -2.17. The van der Waals surface area contributed by atoms with E-state index in [-0.39, 0.29) is 92.0 Å². The predicted molar refractivity (Wildman–Crippen MR) is 583 cm³/mol. The van der Waals surface area contributed by atoms with Crippen molar-refractivity contribution in [1.29, 1.82) is 0 Å². The van der Waals surface area contributed by atoms with E-state index in [0.29, 0.717) is 67.5 Å². The molecule has 804 valence electrons. The van der Waals surface area contributed by atoms with E-state index < -0.39 is 48.0 Å². The summed E-state index contributed by atoms with van der Waals surface area (Å²) in [6.45, 7) is 9.02. The zero-order valence-electron chi connectivity index (χ0n) is 88.6. The van der Waals surface area contributed by atoms with Gasteiger partial charge in [0.15, 0.2) is 46.0 Å². The maximum Gasteiger partial charge on any atom is 0.323 e. The molecule has 0 aliphatic rings. The number of nitrogens with two attached hydrogens (primary N) is 4. The molecule has 0 bridgehead atoms. The minimum absolute atomic E-state index is 0.0201. The van der Waals surface area contributed by atoms with Crippen molar-refractivity contribution in [2.75, 3.05) is 79.9 Å². The number of phenols is 8. The Hall–Kier alpha value is -6.92. The Kier molecular flexibility index (Phi) is 81.9. The van der Waals surface area contributed by atoms with Crippen LogP contribution in [-0.2, 0) is 63.8 Å². The van der Waals surface area contributed by atoms with Gasteiger partial charge in [0.2, 0.25) is 0 Å². The van der Waals surface area contributed by atoms with Crippen LogP contribution in [0, 0.1) is 0 Å². The van der Waals surface area contributed by atoms with Gasteiger partial charge >= 0.3 is 23.9 Å². The van der Waals surface area contributed by atoms with Crippen molar-refractivity contribution in [3.8, 4) is 69.0 Å². The van der Waals surface area contributed by atoms with E-state index in [0.717, 1.165) is 81.3 Å². The van der Waals surface area contributed by atoms with Crippen molar-refractivity contribution in [1.82, 2.24) is 0 Å². The molecule has 0 aliphatic carbocycles. The van der Waals surface area contributed by atoms with Crippen LogP contribution in [0.15, 0.2) is 68.2 Å². The third kappa shape index (κ3) is 59.5. The monoisotopic (exact) mass is 2040 g/mol.